The van der Waals surface area contributed by atoms with Crippen LogP contribution in [0.3, 0.4) is 0 Å². The van der Waals surface area contributed by atoms with E-state index in [4.69, 9.17) is 4.74 Å². The summed E-state index contributed by atoms with van der Waals surface area (Å²) < 4.78 is 5.22. The third-order valence-corrected chi connectivity index (χ3v) is 6.49. The number of fused-ring (bicyclic) bond motifs is 3. The summed E-state index contributed by atoms with van der Waals surface area (Å²) in [5.41, 5.74) is 6.02. The van der Waals surface area contributed by atoms with Crippen LogP contribution in [0, 0.1) is 11.3 Å². The number of carbonyl (C=O) groups is 1. The molecule has 1 unspecified atom stereocenters. The SMILES string of the molecule is COC(=O)C1C/C(=C\C#N)CN1C1(c2ccccc2)c2ccccc2-c2ccccc21. The molecule has 2 aliphatic rings. The molecule has 1 atom stereocenters. The number of rotatable bonds is 3. The Labute approximate surface area is 182 Å². The molecule has 0 bridgehead atoms. The van der Waals surface area contributed by atoms with Crippen LogP contribution in [0.4, 0.5) is 0 Å². The Morgan fingerprint density at radius 3 is 2.16 bits per heavy atom. The van der Waals surface area contributed by atoms with E-state index in [0.29, 0.717) is 13.0 Å². The Hall–Kier alpha value is -3.68. The number of nitrogens with zero attached hydrogens (tertiary/aromatic N) is 2. The fourth-order valence-corrected chi connectivity index (χ4v) is 5.32. The molecule has 0 spiro atoms. The lowest BCUT2D eigenvalue weighted by atomic mass is 9.78. The highest BCUT2D eigenvalue weighted by Crippen LogP contribution is 2.56. The third-order valence-electron chi connectivity index (χ3n) is 6.49. The number of nitriles is 1. The van der Waals surface area contributed by atoms with Crippen LogP contribution in [-0.2, 0) is 15.1 Å². The van der Waals surface area contributed by atoms with Crippen molar-refractivity contribution in [1.82, 2.24) is 4.90 Å². The van der Waals surface area contributed by atoms with E-state index in [1.807, 2.05) is 18.2 Å². The normalized spacial score (nSPS) is 20.1. The van der Waals surface area contributed by atoms with E-state index >= 15 is 0 Å². The van der Waals surface area contributed by atoms with Gasteiger partial charge in [0, 0.05) is 12.6 Å². The summed E-state index contributed by atoms with van der Waals surface area (Å²) >= 11 is 0. The van der Waals surface area contributed by atoms with Crippen molar-refractivity contribution in [2.75, 3.05) is 13.7 Å². The number of allylic oxidation sites excluding steroid dienone is 1. The highest BCUT2D eigenvalue weighted by Gasteiger charge is 2.54. The lowest BCUT2D eigenvalue weighted by Crippen LogP contribution is -2.52. The summed E-state index contributed by atoms with van der Waals surface area (Å²) in [6.45, 7) is 0.519. The van der Waals surface area contributed by atoms with Crippen LogP contribution >= 0.6 is 0 Å². The Morgan fingerprint density at radius 2 is 1.58 bits per heavy atom. The molecule has 4 heteroatoms. The highest BCUT2D eigenvalue weighted by molar-refractivity contribution is 5.85. The standard InChI is InChI=1S/C27H22N2O2/c1-31-26(30)25-17-19(15-16-28)18-29(25)27(20-9-3-2-4-10-20)23-13-7-5-11-21(23)22-12-6-8-14-24(22)27/h2-15,25H,17-18H2,1H3/b19-15+. The van der Waals surface area contributed by atoms with Gasteiger partial charge in [-0.2, -0.15) is 5.26 Å². The molecule has 1 saturated heterocycles. The molecule has 1 fully saturated rings. The van der Waals surface area contributed by atoms with Crippen molar-refractivity contribution in [3.8, 4) is 17.2 Å². The van der Waals surface area contributed by atoms with E-state index < -0.39 is 11.6 Å². The summed E-state index contributed by atoms with van der Waals surface area (Å²) in [6.07, 6.45) is 2.06. The minimum Gasteiger partial charge on any atom is -0.468 e. The van der Waals surface area contributed by atoms with E-state index in [2.05, 4.69) is 71.6 Å². The molecule has 0 N–H and O–H groups in total. The van der Waals surface area contributed by atoms with Gasteiger partial charge in [0.2, 0.25) is 0 Å². The predicted octanol–water partition coefficient (Wildman–Crippen LogP) is 4.66. The molecule has 4 nitrogen and oxygen atoms in total. The Kier molecular flexibility index (Phi) is 4.69. The van der Waals surface area contributed by atoms with Crippen LogP contribution in [0.5, 0.6) is 0 Å². The van der Waals surface area contributed by atoms with Crippen LogP contribution in [0.15, 0.2) is 90.5 Å². The van der Waals surface area contributed by atoms with Crippen LogP contribution in [0.2, 0.25) is 0 Å². The first-order valence-corrected chi connectivity index (χ1v) is 10.4. The molecule has 152 valence electrons. The van der Waals surface area contributed by atoms with Crippen LogP contribution in [0.25, 0.3) is 11.1 Å². The maximum absolute atomic E-state index is 13.0. The molecule has 3 aromatic rings. The number of carbonyl (C=O) groups excluding carboxylic acids is 1. The number of likely N-dealkylation sites (tertiary alicyclic amines) is 1. The maximum Gasteiger partial charge on any atom is 0.323 e. The molecule has 0 amide bonds. The van der Waals surface area contributed by atoms with Crippen molar-refractivity contribution in [2.24, 2.45) is 0 Å². The van der Waals surface area contributed by atoms with Gasteiger partial charge in [-0.25, -0.2) is 0 Å². The summed E-state index contributed by atoms with van der Waals surface area (Å²) in [5.74, 6) is -0.279. The number of hydrogen-bond acceptors (Lipinski definition) is 4. The summed E-state index contributed by atoms with van der Waals surface area (Å²) in [5, 5.41) is 9.30. The lowest BCUT2D eigenvalue weighted by molar-refractivity contribution is -0.147. The van der Waals surface area contributed by atoms with Crippen molar-refractivity contribution in [3.05, 3.63) is 107 Å². The van der Waals surface area contributed by atoms with Gasteiger partial charge in [0.1, 0.15) is 6.04 Å². The molecule has 0 aromatic heterocycles. The first kappa shape index (κ1) is 19.3. The largest absolute Gasteiger partial charge is 0.468 e. The molecule has 1 aliphatic carbocycles. The van der Waals surface area contributed by atoms with Crippen molar-refractivity contribution in [3.63, 3.8) is 0 Å². The van der Waals surface area contributed by atoms with Crippen molar-refractivity contribution >= 4 is 5.97 Å². The van der Waals surface area contributed by atoms with Crippen molar-refractivity contribution in [2.45, 2.75) is 18.0 Å². The van der Waals surface area contributed by atoms with E-state index in [1.54, 1.807) is 6.08 Å². The number of methoxy groups -OCH3 is 1. The van der Waals surface area contributed by atoms with Gasteiger partial charge in [-0.1, -0.05) is 78.9 Å². The van der Waals surface area contributed by atoms with Gasteiger partial charge in [0.15, 0.2) is 0 Å². The van der Waals surface area contributed by atoms with Gasteiger partial charge in [-0.05, 0) is 39.8 Å². The topological polar surface area (TPSA) is 53.3 Å². The summed E-state index contributed by atoms with van der Waals surface area (Å²) in [4.78, 5) is 15.2. The van der Waals surface area contributed by atoms with E-state index in [9.17, 15) is 10.1 Å². The van der Waals surface area contributed by atoms with Gasteiger partial charge in [-0.3, -0.25) is 9.69 Å². The average Bonchev–Trinajstić information content (AvgIpc) is 3.37. The average molecular weight is 406 g/mol. The Bertz CT molecular complexity index is 1180. The van der Waals surface area contributed by atoms with Gasteiger partial charge < -0.3 is 4.74 Å². The predicted molar refractivity (Wildman–Crippen MR) is 119 cm³/mol. The second-order valence-electron chi connectivity index (χ2n) is 7.97. The second-order valence-corrected chi connectivity index (χ2v) is 7.97. The van der Waals surface area contributed by atoms with Crippen LogP contribution < -0.4 is 0 Å². The number of benzene rings is 3. The van der Waals surface area contributed by atoms with E-state index in [1.165, 1.54) is 18.2 Å². The van der Waals surface area contributed by atoms with Crippen LogP contribution in [-0.4, -0.2) is 30.6 Å². The Balaban J connectivity index is 1.86. The first-order valence-electron chi connectivity index (χ1n) is 10.4. The van der Waals surface area contributed by atoms with Crippen molar-refractivity contribution in [1.29, 1.82) is 5.26 Å². The second kappa shape index (κ2) is 7.54. The number of ether oxygens (including phenoxy) is 1. The molecular formula is C27H22N2O2. The fourth-order valence-electron chi connectivity index (χ4n) is 5.32. The maximum atomic E-state index is 13.0. The summed E-state index contributed by atoms with van der Waals surface area (Å²) in [7, 11) is 1.43. The van der Waals surface area contributed by atoms with Crippen LogP contribution in [0.1, 0.15) is 23.1 Å². The zero-order chi connectivity index (χ0) is 21.4. The van der Waals surface area contributed by atoms with Gasteiger partial charge in [-0.15, -0.1) is 0 Å². The smallest absolute Gasteiger partial charge is 0.323 e. The number of hydrogen-bond donors (Lipinski definition) is 0. The quantitative estimate of drug-likeness (QED) is 0.469. The lowest BCUT2D eigenvalue weighted by Gasteiger charge is -2.43. The van der Waals surface area contributed by atoms with E-state index in [0.717, 1.165) is 22.3 Å². The third kappa shape index (κ3) is 2.74. The number of esters is 1. The van der Waals surface area contributed by atoms with Crippen molar-refractivity contribution < 1.29 is 9.53 Å². The monoisotopic (exact) mass is 406 g/mol. The summed E-state index contributed by atoms with van der Waals surface area (Å²) in [6, 6.07) is 28.8. The highest BCUT2D eigenvalue weighted by atomic mass is 16.5. The molecule has 1 aliphatic heterocycles. The molecular weight excluding hydrogens is 384 g/mol. The first-order chi connectivity index (χ1) is 15.2. The van der Waals surface area contributed by atoms with Gasteiger partial charge >= 0.3 is 5.97 Å². The zero-order valence-corrected chi connectivity index (χ0v) is 17.3. The molecule has 3 aromatic carbocycles. The molecule has 1 heterocycles. The minimum absolute atomic E-state index is 0.279. The van der Waals surface area contributed by atoms with Gasteiger partial charge in [0.25, 0.3) is 0 Å². The fraction of sp³-hybridized carbons (Fsp3) is 0.185. The molecule has 0 radical (unpaired) electrons. The zero-order valence-electron chi connectivity index (χ0n) is 17.3. The molecule has 5 rings (SSSR count). The Morgan fingerprint density at radius 1 is 1.00 bits per heavy atom. The molecule has 31 heavy (non-hydrogen) atoms. The molecule has 0 saturated carbocycles. The minimum atomic E-state index is -0.654. The van der Waals surface area contributed by atoms with Gasteiger partial charge in [0.05, 0.1) is 18.7 Å². The van der Waals surface area contributed by atoms with E-state index in [-0.39, 0.29) is 5.97 Å².